The van der Waals surface area contributed by atoms with E-state index in [4.69, 9.17) is 4.74 Å². The van der Waals surface area contributed by atoms with Crippen molar-refractivity contribution < 1.29 is 9.53 Å². The van der Waals surface area contributed by atoms with Gasteiger partial charge in [-0.05, 0) is 48.2 Å². The first-order valence-corrected chi connectivity index (χ1v) is 6.02. The van der Waals surface area contributed by atoms with Crippen molar-refractivity contribution in [3.63, 3.8) is 0 Å². The number of thioether (sulfide) groups is 1. The molecule has 0 saturated heterocycles. The summed E-state index contributed by atoms with van der Waals surface area (Å²) < 4.78 is 5.05. The van der Waals surface area contributed by atoms with E-state index in [1.54, 1.807) is 31.4 Å². The normalized spacial score (nSPS) is 9.94. The van der Waals surface area contributed by atoms with Gasteiger partial charge in [0.2, 0.25) is 5.12 Å². The Balaban J connectivity index is 2.09. The number of ether oxygens (including phenoxy) is 1. The van der Waals surface area contributed by atoms with Gasteiger partial charge >= 0.3 is 0 Å². The molecule has 0 amide bonds. The summed E-state index contributed by atoms with van der Waals surface area (Å²) in [6, 6.07) is 16.7. The van der Waals surface area contributed by atoms with Crippen LogP contribution in [-0.2, 0) is 0 Å². The van der Waals surface area contributed by atoms with Crippen molar-refractivity contribution in [1.82, 2.24) is 0 Å². The Kier molecular flexibility index (Phi) is 3.83. The smallest absolute Gasteiger partial charge is 0.224 e. The minimum absolute atomic E-state index is 0.0406. The summed E-state index contributed by atoms with van der Waals surface area (Å²) in [5.41, 5.74) is 0.680. The molecule has 2 aromatic rings. The minimum atomic E-state index is 0.0406. The lowest BCUT2D eigenvalue weighted by Gasteiger charge is -2.02. The minimum Gasteiger partial charge on any atom is -0.497 e. The van der Waals surface area contributed by atoms with Crippen molar-refractivity contribution >= 4 is 16.9 Å². The molecular weight excluding hydrogens is 232 g/mol. The fourth-order valence-electron chi connectivity index (χ4n) is 1.38. The van der Waals surface area contributed by atoms with Gasteiger partial charge in [0.1, 0.15) is 5.75 Å². The average Bonchev–Trinajstić information content (AvgIpc) is 2.40. The lowest BCUT2D eigenvalue weighted by atomic mass is 10.2. The first kappa shape index (κ1) is 11.7. The van der Waals surface area contributed by atoms with Gasteiger partial charge in [0.25, 0.3) is 0 Å². The van der Waals surface area contributed by atoms with Crippen LogP contribution in [0.2, 0.25) is 0 Å². The zero-order valence-corrected chi connectivity index (χ0v) is 10.2. The van der Waals surface area contributed by atoms with Gasteiger partial charge in [0, 0.05) is 10.5 Å². The van der Waals surface area contributed by atoms with E-state index in [1.165, 1.54) is 11.8 Å². The molecule has 0 aliphatic carbocycles. The van der Waals surface area contributed by atoms with Crippen LogP contribution in [0.3, 0.4) is 0 Å². The highest BCUT2D eigenvalue weighted by Crippen LogP contribution is 2.23. The molecule has 2 aromatic carbocycles. The van der Waals surface area contributed by atoms with Gasteiger partial charge in [0.15, 0.2) is 0 Å². The number of benzene rings is 2. The van der Waals surface area contributed by atoms with E-state index >= 15 is 0 Å². The summed E-state index contributed by atoms with van der Waals surface area (Å²) in [5.74, 6) is 0.756. The molecule has 0 bridgehead atoms. The highest BCUT2D eigenvalue weighted by molar-refractivity contribution is 8.14. The van der Waals surface area contributed by atoms with E-state index in [9.17, 15) is 4.79 Å². The molecule has 0 atom stereocenters. The second-order valence-electron chi connectivity index (χ2n) is 3.43. The monoisotopic (exact) mass is 244 g/mol. The number of hydrogen-bond donors (Lipinski definition) is 0. The fourth-order valence-corrected chi connectivity index (χ4v) is 2.14. The van der Waals surface area contributed by atoms with Gasteiger partial charge in [-0.25, -0.2) is 0 Å². The van der Waals surface area contributed by atoms with Crippen molar-refractivity contribution in [1.29, 1.82) is 0 Å². The molecule has 2 nitrogen and oxygen atoms in total. The standard InChI is InChI=1S/C14H12O2S/c1-16-12-9-7-11(8-10-12)14(15)17-13-5-3-2-4-6-13/h2-10H,1H3. The summed E-state index contributed by atoms with van der Waals surface area (Å²) >= 11 is 1.23. The van der Waals surface area contributed by atoms with Crippen LogP contribution in [-0.4, -0.2) is 12.2 Å². The van der Waals surface area contributed by atoms with Crippen LogP contribution >= 0.6 is 11.8 Å². The third-order valence-corrected chi connectivity index (χ3v) is 3.21. The molecule has 0 N–H and O–H groups in total. The molecule has 0 aliphatic heterocycles. The summed E-state index contributed by atoms with van der Waals surface area (Å²) in [6.45, 7) is 0. The van der Waals surface area contributed by atoms with Gasteiger partial charge in [-0.15, -0.1) is 0 Å². The van der Waals surface area contributed by atoms with E-state index in [0.717, 1.165) is 10.6 Å². The van der Waals surface area contributed by atoms with E-state index in [1.807, 2.05) is 30.3 Å². The van der Waals surface area contributed by atoms with E-state index in [0.29, 0.717) is 5.56 Å². The molecule has 2 rings (SSSR count). The molecule has 0 radical (unpaired) electrons. The Hall–Kier alpha value is -1.74. The predicted octanol–water partition coefficient (Wildman–Crippen LogP) is 3.63. The van der Waals surface area contributed by atoms with Crippen molar-refractivity contribution in [3.05, 3.63) is 60.2 Å². The zero-order valence-electron chi connectivity index (χ0n) is 9.42. The molecule has 0 heterocycles. The summed E-state index contributed by atoms with van der Waals surface area (Å²) in [7, 11) is 1.61. The van der Waals surface area contributed by atoms with Crippen LogP contribution in [0.4, 0.5) is 0 Å². The van der Waals surface area contributed by atoms with Crippen molar-refractivity contribution in [2.45, 2.75) is 4.90 Å². The molecule has 0 spiro atoms. The zero-order chi connectivity index (χ0) is 12.1. The summed E-state index contributed by atoms with van der Waals surface area (Å²) in [4.78, 5) is 12.9. The lowest BCUT2D eigenvalue weighted by Crippen LogP contribution is -1.93. The molecule has 0 unspecified atom stereocenters. The maximum Gasteiger partial charge on any atom is 0.224 e. The van der Waals surface area contributed by atoms with E-state index in [2.05, 4.69) is 0 Å². The molecule has 17 heavy (non-hydrogen) atoms. The van der Waals surface area contributed by atoms with Crippen molar-refractivity contribution in [3.8, 4) is 5.75 Å². The third-order valence-electron chi connectivity index (χ3n) is 2.28. The Morgan fingerprint density at radius 2 is 1.65 bits per heavy atom. The first-order valence-electron chi connectivity index (χ1n) is 5.21. The SMILES string of the molecule is COc1ccc(C(=O)Sc2ccccc2)cc1. The number of carbonyl (C=O) groups is 1. The van der Waals surface area contributed by atoms with E-state index in [-0.39, 0.29) is 5.12 Å². The van der Waals surface area contributed by atoms with Gasteiger partial charge < -0.3 is 4.74 Å². The van der Waals surface area contributed by atoms with Gasteiger partial charge in [-0.2, -0.15) is 0 Å². The maximum absolute atomic E-state index is 11.9. The van der Waals surface area contributed by atoms with Crippen molar-refractivity contribution in [2.24, 2.45) is 0 Å². The van der Waals surface area contributed by atoms with E-state index < -0.39 is 0 Å². The molecule has 86 valence electrons. The number of methoxy groups -OCH3 is 1. The van der Waals surface area contributed by atoms with Crippen molar-refractivity contribution in [2.75, 3.05) is 7.11 Å². The number of hydrogen-bond acceptors (Lipinski definition) is 3. The quantitative estimate of drug-likeness (QED) is 0.771. The first-order chi connectivity index (χ1) is 8.29. The molecule has 3 heteroatoms. The van der Waals surface area contributed by atoms with Gasteiger partial charge in [-0.3, -0.25) is 4.79 Å². The predicted molar refractivity (Wildman–Crippen MR) is 69.6 cm³/mol. The molecule has 0 saturated carbocycles. The fraction of sp³-hybridized carbons (Fsp3) is 0.0714. The van der Waals surface area contributed by atoms with Crippen LogP contribution < -0.4 is 4.74 Å². The van der Waals surface area contributed by atoms with Crippen LogP contribution in [0.1, 0.15) is 10.4 Å². The Morgan fingerprint density at radius 1 is 1.00 bits per heavy atom. The third kappa shape index (κ3) is 3.11. The molecular formula is C14H12O2S. The van der Waals surface area contributed by atoms with Crippen LogP contribution in [0.5, 0.6) is 5.75 Å². The van der Waals surface area contributed by atoms with Crippen LogP contribution in [0.15, 0.2) is 59.5 Å². The Labute approximate surface area is 105 Å². The largest absolute Gasteiger partial charge is 0.497 e. The topological polar surface area (TPSA) is 26.3 Å². The average molecular weight is 244 g/mol. The van der Waals surface area contributed by atoms with Crippen LogP contribution in [0, 0.1) is 0 Å². The molecule has 0 aromatic heterocycles. The molecule has 0 aliphatic rings. The van der Waals surface area contributed by atoms with Gasteiger partial charge in [-0.1, -0.05) is 18.2 Å². The summed E-state index contributed by atoms with van der Waals surface area (Å²) in [5, 5.41) is 0.0406. The highest BCUT2D eigenvalue weighted by Gasteiger charge is 2.07. The molecule has 0 fully saturated rings. The second kappa shape index (κ2) is 5.55. The maximum atomic E-state index is 11.9. The van der Waals surface area contributed by atoms with Crippen LogP contribution in [0.25, 0.3) is 0 Å². The highest BCUT2D eigenvalue weighted by atomic mass is 32.2. The van der Waals surface area contributed by atoms with Gasteiger partial charge in [0.05, 0.1) is 7.11 Å². The Morgan fingerprint density at radius 3 is 2.24 bits per heavy atom. The second-order valence-corrected chi connectivity index (χ2v) is 4.48. The lowest BCUT2D eigenvalue weighted by molar-refractivity contribution is 0.108. The Bertz CT molecular complexity index is 491. The summed E-state index contributed by atoms with van der Waals surface area (Å²) in [6.07, 6.45) is 0. The number of carbonyl (C=O) groups excluding carboxylic acids is 1. The number of rotatable bonds is 3.